The molecule has 0 unspecified atom stereocenters. The number of likely N-dealkylation sites (tertiary alicyclic amines) is 1. The van der Waals surface area contributed by atoms with E-state index in [0.717, 1.165) is 4.90 Å². The van der Waals surface area contributed by atoms with E-state index in [0.29, 0.717) is 0 Å². The number of amides is 1. The molecule has 0 atom stereocenters. The van der Waals surface area contributed by atoms with Crippen molar-refractivity contribution < 1.29 is 28.6 Å². The van der Waals surface area contributed by atoms with Gasteiger partial charge in [0.1, 0.15) is 5.60 Å². The average molecular weight is 253 g/mol. The first kappa shape index (κ1) is 15.8. The normalized spacial score (nSPS) is 19.6. The molecule has 0 bridgehead atoms. The molecule has 0 aromatic carbocycles. The molecule has 0 spiro atoms. The third-order valence-electron chi connectivity index (χ3n) is 2.06. The summed E-state index contributed by atoms with van der Waals surface area (Å²) in [6.07, 6.45) is -1.13. The van der Waals surface area contributed by atoms with Crippen molar-refractivity contribution >= 4 is 11.9 Å². The Hall–Kier alpha value is -1.24. The minimum Gasteiger partial charge on any atom is -0.444 e. The Morgan fingerprint density at radius 2 is 1.94 bits per heavy atom. The Labute approximate surface area is 98.0 Å². The number of carbonyl (C=O) groups excluding carboxylic acids is 2. The molecular weight excluding hydrogens is 236 g/mol. The largest absolute Gasteiger partial charge is 0.444 e. The number of Topliss-reactive ketones (excluding diaryl/α,β-unsaturated/α-hetero) is 1. The topological polar surface area (TPSA) is 78.1 Å². The van der Waals surface area contributed by atoms with Crippen LogP contribution in [0.2, 0.25) is 0 Å². The molecule has 1 aliphatic heterocycles. The molecule has 5 nitrogen and oxygen atoms in total. The number of alkyl halides is 2. The van der Waals surface area contributed by atoms with E-state index >= 15 is 0 Å². The summed E-state index contributed by atoms with van der Waals surface area (Å²) >= 11 is 0. The number of nitrogens with zero attached hydrogens (tertiary/aromatic N) is 1. The zero-order valence-corrected chi connectivity index (χ0v) is 10.0. The van der Waals surface area contributed by atoms with Crippen LogP contribution >= 0.6 is 0 Å². The molecule has 1 rings (SSSR count). The first-order valence-corrected chi connectivity index (χ1v) is 5.01. The van der Waals surface area contributed by atoms with E-state index in [1.165, 1.54) is 0 Å². The number of ketones is 1. The average Bonchev–Trinajstić information content (AvgIpc) is 2.06. The van der Waals surface area contributed by atoms with E-state index in [2.05, 4.69) is 0 Å². The minimum absolute atomic E-state index is 0. The SMILES string of the molecule is CC(C)(C)OC(=O)N1CCC(=O)C(F)(F)C1.O. The first-order valence-electron chi connectivity index (χ1n) is 5.01. The van der Waals surface area contributed by atoms with Crippen LogP contribution in [-0.4, -0.2) is 46.9 Å². The van der Waals surface area contributed by atoms with Gasteiger partial charge in [-0.2, -0.15) is 8.78 Å². The number of rotatable bonds is 0. The zero-order valence-electron chi connectivity index (χ0n) is 10.0. The molecule has 2 N–H and O–H groups in total. The van der Waals surface area contributed by atoms with Crippen LogP contribution in [0.5, 0.6) is 0 Å². The second-order valence-electron chi connectivity index (χ2n) is 4.78. The van der Waals surface area contributed by atoms with Crippen molar-refractivity contribution in [2.24, 2.45) is 0 Å². The predicted octanol–water partition coefficient (Wildman–Crippen LogP) is 1.01. The van der Waals surface area contributed by atoms with Gasteiger partial charge in [0.15, 0.2) is 0 Å². The van der Waals surface area contributed by atoms with E-state index < -0.39 is 29.9 Å². The predicted molar refractivity (Wildman–Crippen MR) is 56.0 cm³/mol. The molecule has 1 heterocycles. The van der Waals surface area contributed by atoms with Gasteiger partial charge in [0.25, 0.3) is 0 Å². The summed E-state index contributed by atoms with van der Waals surface area (Å²) in [4.78, 5) is 23.2. The van der Waals surface area contributed by atoms with Crippen LogP contribution in [0, 0.1) is 0 Å². The van der Waals surface area contributed by atoms with Gasteiger partial charge < -0.3 is 15.1 Å². The molecule has 17 heavy (non-hydrogen) atoms. The van der Waals surface area contributed by atoms with Crippen molar-refractivity contribution in [3.05, 3.63) is 0 Å². The lowest BCUT2D eigenvalue weighted by atomic mass is 10.1. The van der Waals surface area contributed by atoms with E-state index in [4.69, 9.17) is 4.74 Å². The van der Waals surface area contributed by atoms with Gasteiger partial charge in [-0.3, -0.25) is 4.79 Å². The van der Waals surface area contributed by atoms with Crippen molar-refractivity contribution in [2.75, 3.05) is 13.1 Å². The monoisotopic (exact) mass is 253 g/mol. The van der Waals surface area contributed by atoms with Crippen LogP contribution in [0.4, 0.5) is 13.6 Å². The van der Waals surface area contributed by atoms with Crippen molar-refractivity contribution in [2.45, 2.75) is 38.7 Å². The molecule has 1 fully saturated rings. The van der Waals surface area contributed by atoms with Crippen LogP contribution in [0.15, 0.2) is 0 Å². The number of hydrogen-bond donors (Lipinski definition) is 0. The molecule has 1 aliphatic rings. The van der Waals surface area contributed by atoms with Crippen molar-refractivity contribution in [3.8, 4) is 0 Å². The number of ether oxygens (including phenoxy) is 1. The number of piperidine rings is 1. The third kappa shape index (κ3) is 4.26. The van der Waals surface area contributed by atoms with Crippen LogP contribution in [-0.2, 0) is 9.53 Å². The van der Waals surface area contributed by atoms with Gasteiger partial charge in [0, 0.05) is 13.0 Å². The minimum atomic E-state index is -3.45. The Kier molecular flexibility index (Phi) is 4.59. The van der Waals surface area contributed by atoms with Gasteiger partial charge in [0.2, 0.25) is 5.78 Å². The summed E-state index contributed by atoms with van der Waals surface area (Å²) in [5, 5.41) is 0. The van der Waals surface area contributed by atoms with E-state index in [-0.39, 0.29) is 18.4 Å². The van der Waals surface area contributed by atoms with Crippen LogP contribution in [0.1, 0.15) is 27.2 Å². The standard InChI is InChI=1S/C10H15F2NO3.H2O/c1-9(2,3)16-8(15)13-5-4-7(14)10(11,12)6-13;/h4-6H2,1-3H3;1H2. The van der Waals surface area contributed by atoms with E-state index in [9.17, 15) is 18.4 Å². The highest BCUT2D eigenvalue weighted by atomic mass is 19.3. The highest BCUT2D eigenvalue weighted by molar-refractivity contribution is 5.88. The molecular formula is C10H17F2NO4. The summed E-state index contributed by atoms with van der Waals surface area (Å²) in [6.45, 7) is 4.05. The Bertz CT molecular complexity index is 312. The molecule has 0 saturated carbocycles. The molecule has 1 saturated heterocycles. The van der Waals surface area contributed by atoms with Crippen molar-refractivity contribution in [3.63, 3.8) is 0 Å². The zero-order chi connectivity index (χ0) is 12.6. The van der Waals surface area contributed by atoms with Gasteiger partial charge in [0.05, 0.1) is 6.54 Å². The quantitative estimate of drug-likeness (QED) is 0.646. The molecule has 7 heteroatoms. The number of carbonyl (C=O) groups is 2. The van der Waals surface area contributed by atoms with Crippen molar-refractivity contribution in [1.82, 2.24) is 4.90 Å². The maximum absolute atomic E-state index is 13.0. The molecule has 1 amide bonds. The van der Waals surface area contributed by atoms with Gasteiger partial charge in [-0.1, -0.05) is 0 Å². The lowest BCUT2D eigenvalue weighted by molar-refractivity contribution is -0.150. The van der Waals surface area contributed by atoms with Crippen LogP contribution < -0.4 is 0 Å². The van der Waals surface area contributed by atoms with Gasteiger partial charge in [-0.15, -0.1) is 0 Å². The fourth-order valence-electron chi connectivity index (χ4n) is 1.31. The summed E-state index contributed by atoms with van der Waals surface area (Å²) in [7, 11) is 0. The molecule has 0 aliphatic carbocycles. The lowest BCUT2D eigenvalue weighted by Gasteiger charge is -2.32. The fourth-order valence-corrected chi connectivity index (χ4v) is 1.31. The smallest absolute Gasteiger partial charge is 0.410 e. The molecule has 0 aromatic heterocycles. The maximum Gasteiger partial charge on any atom is 0.410 e. The third-order valence-corrected chi connectivity index (χ3v) is 2.06. The second kappa shape index (κ2) is 4.95. The lowest BCUT2D eigenvalue weighted by Crippen LogP contribution is -2.52. The fraction of sp³-hybridized carbons (Fsp3) is 0.800. The van der Waals surface area contributed by atoms with Gasteiger partial charge in [-0.25, -0.2) is 4.79 Å². The maximum atomic E-state index is 13.0. The molecule has 0 aromatic rings. The van der Waals surface area contributed by atoms with E-state index in [1.807, 2.05) is 0 Å². The van der Waals surface area contributed by atoms with Crippen molar-refractivity contribution in [1.29, 1.82) is 0 Å². The van der Waals surface area contributed by atoms with E-state index in [1.54, 1.807) is 20.8 Å². The Morgan fingerprint density at radius 3 is 2.35 bits per heavy atom. The highest BCUT2D eigenvalue weighted by Gasteiger charge is 2.45. The summed E-state index contributed by atoms with van der Waals surface area (Å²) in [5.41, 5.74) is -0.728. The first-order chi connectivity index (χ1) is 7.12. The Morgan fingerprint density at radius 1 is 1.41 bits per heavy atom. The summed E-state index contributed by atoms with van der Waals surface area (Å²) in [5.74, 6) is -4.57. The van der Waals surface area contributed by atoms with Gasteiger partial charge >= 0.3 is 12.0 Å². The molecule has 0 radical (unpaired) electrons. The second-order valence-corrected chi connectivity index (χ2v) is 4.78. The number of hydrogen-bond acceptors (Lipinski definition) is 3. The Balaban J connectivity index is 0.00000256. The van der Waals surface area contributed by atoms with Crippen LogP contribution in [0.3, 0.4) is 0 Å². The molecule has 100 valence electrons. The van der Waals surface area contributed by atoms with Crippen LogP contribution in [0.25, 0.3) is 0 Å². The summed E-state index contributed by atoms with van der Waals surface area (Å²) in [6, 6.07) is 0. The number of halogens is 2. The highest BCUT2D eigenvalue weighted by Crippen LogP contribution is 2.24. The van der Waals surface area contributed by atoms with Gasteiger partial charge in [-0.05, 0) is 20.8 Å². The summed E-state index contributed by atoms with van der Waals surface area (Å²) < 4.78 is 31.0.